The Morgan fingerprint density at radius 2 is 0.776 bits per heavy atom. The highest BCUT2D eigenvalue weighted by atomic mass is 16.2. The van der Waals surface area contributed by atoms with Crippen molar-refractivity contribution in [2.75, 3.05) is 9.80 Å². The highest BCUT2D eigenvalue weighted by Gasteiger charge is 2.51. The fourth-order valence-electron chi connectivity index (χ4n) is 8.46. The second-order valence-corrected chi connectivity index (χ2v) is 14.0. The number of nitrogens with zero attached hydrogens (tertiary/aromatic N) is 2. The molecule has 49 heavy (non-hydrogen) atoms. The Morgan fingerprint density at radius 3 is 1.12 bits per heavy atom. The Hall–Kier alpha value is -5.36. The van der Waals surface area contributed by atoms with Gasteiger partial charge in [0.1, 0.15) is 0 Å². The summed E-state index contributed by atoms with van der Waals surface area (Å²) >= 11 is 0. The van der Waals surface area contributed by atoms with E-state index in [2.05, 4.69) is 38.1 Å². The lowest BCUT2D eigenvalue weighted by Gasteiger charge is -2.25. The summed E-state index contributed by atoms with van der Waals surface area (Å²) in [5, 5.41) is 0. The zero-order valence-electron chi connectivity index (χ0n) is 27.8. The van der Waals surface area contributed by atoms with Crippen molar-refractivity contribution in [2.24, 2.45) is 23.7 Å². The molecule has 0 spiro atoms. The molecule has 4 atom stereocenters. The second kappa shape index (κ2) is 12.3. The number of anilines is 2. The van der Waals surface area contributed by atoms with E-state index in [1.807, 2.05) is 84.9 Å². The molecule has 244 valence electrons. The molecule has 2 heterocycles. The number of allylic oxidation sites excluding steroid dienone is 4. The van der Waals surface area contributed by atoms with E-state index >= 15 is 0 Å². The molecule has 0 N–H and O–H groups in total. The summed E-state index contributed by atoms with van der Waals surface area (Å²) in [5.74, 6) is -1.77. The summed E-state index contributed by atoms with van der Waals surface area (Å²) in [4.78, 5) is 57.0. The van der Waals surface area contributed by atoms with Crippen LogP contribution in [0.5, 0.6) is 0 Å². The topological polar surface area (TPSA) is 74.8 Å². The van der Waals surface area contributed by atoms with Gasteiger partial charge in [-0.05, 0) is 104 Å². The maximum atomic E-state index is 13.6. The normalized spacial score (nSPS) is 23.8. The molecule has 2 aliphatic heterocycles. The molecule has 2 saturated heterocycles. The fraction of sp³-hybridized carbons (Fsp3) is 0.256. The maximum absolute atomic E-state index is 13.6. The van der Waals surface area contributed by atoms with Gasteiger partial charge in [0.05, 0.1) is 35.0 Å². The number of hydrogen-bond donors (Lipinski definition) is 0. The van der Waals surface area contributed by atoms with E-state index in [1.54, 1.807) is 0 Å². The van der Waals surface area contributed by atoms with Crippen molar-refractivity contribution in [1.82, 2.24) is 0 Å². The van der Waals surface area contributed by atoms with Gasteiger partial charge in [0.15, 0.2) is 0 Å². The van der Waals surface area contributed by atoms with E-state index in [9.17, 15) is 19.2 Å². The fourth-order valence-corrected chi connectivity index (χ4v) is 8.46. The van der Waals surface area contributed by atoms with Gasteiger partial charge in [0.2, 0.25) is 23.6 Å². The van der Waals surface area contributed by atoms with Gasteiger partial charge in [-0.3, -0.25) is 29.0 Å². The Bertz CT molecular complexity index is 1900. The van der Waals surface area contributed by atoms with Gasteiger partial charge in [-0.15, -0.1) is 0 Å². The molecular weight excluding hydrogens is 608 g/mol. The molecule has 0 saturated carbocycles. The minimum atomic E-state index is -0.339. The van der Waals surface area contributed by atoms with Crippen LogP contribution in [0.4, 0.5) is 11.4 Å². The summed E-state index contributed by atoms with van der Waals surface area (Å²) < 4.78 is 0. The van der Waals surface area contributed by atoms with Crippen LogP contribution in [0.25, 0.3) is 11.1 Å². The number of rotatable bonds is 6. The molecule has 4 aliphatic rings. The van der Waals surface area contributed by atoms with Gasteiger partial charge in [-0.1, -0.05) is 96.1 Å². The first-order chi connectivity index (χ1) is 23.8. The molecule has 2 aliphatic carbocycles. The Balaban J connectivity index is 0.934. The molecule has 8 rings (SSSR count). The van der Waals surface area contributed by atoms with E-state index < -0.39 is 0 Å². The predicted octanol–water partition coefficient (Wildman–Crippen LogP) is 8.02. The number of carbonyl (C=O) groups excluding carboxylic acids is 4. The first-order valence-corrected chi connectivity index (χ1v) is 17.2. The minimum absolute atomic E-state index is 0.113. The zero-order chi connectivity index (χ0) is 33.8. The van der Waals surface area contributed by atoms with Crippen LogP contribution in [-0.4, -0.2) is 23.6 Å². The highest BCUT2D eigenvalue weighted by molar-refractivity contribution is 6.23. The van der Waals surface area contributed by atoms with Crippen LogP contribution in [0, 0.1) is 23.7 Å². The van der Waals surface area contributed by atoms with Gasteiger partial charge in [0.25, 0.3) is 0 Å². The van der Waals surface area contributed by atoms with Crippen molar-refractivity contribution in [1.29, 1.82) is 0 Å². The zero-order valence-corrected chi connectivity index (χ0v) is 27.8. The number of carbonyl (C=O) groups is 4. The molecule has 0 bridgehead atoms. The average molecular weight is 647 g/mol. The quantitative estimate of drug-likeness (QED) is 0.199. The van der Waals surface area contributed by atoms with Gasteiger partial charge in [-0.25, -0.2) is 0 Å². The number of amides is 4. The van der Waals surface area contributed by atoms with Crippen LogP contribution in [-0.2, 0) is 25.6 Å². The molecular formula is C43H38N2O4. The van der Waals surface area contributed by atoms with Crippen LogP contribution < -0.4 is 9.80 Å². The average Bonchev–Trinajstić information content (AvgIpc) is 3.51. The smallest absolute Gasteiger partial charge is 0.238 e. The maximum Gasteiger partial charge on any atom is 0.238 e. The van der Waals surface area contributed by atoms with Gasteiger partial charge < -0.3 is 0 Å². The van der Waals surface area contributed by atoms with Crippen LogP contribution in [0.2, 0.25) is 0 Å². The number of imide groups is 2. The van der Waals surface area contributed by atoms with Crippen molar-refractivity contribution < 1.29 is 19.2 Å². The Labute approximate surface area is 286 Å². The van der Waals surface area contributed by atoms with Crippen molar-refractivity contribution >= 4 is 46.1 Å². The lowest BCUT2D eigenvalue weighted by molar-refractivity contribution is -0.124. The molecule has 4 aromatic rings. The summed E-state index contributed by atoms with van der Waals surface area (Å²) in [5.41, 5.74) is 10.2. The number of hydrogen-bond acceptors (Lipinski definition) is 4. The van der Waals surface area contributed by atoms with Crippen LogP contribution in [0.1, 0.15) is 61.8 Å². The van der Waals surface area contributed by atoms with Crippen LogP contribution in [0.3, 0.4) is 0 Å². The SMILES string of the molecule is CC1=C(c2ccccc2)CC2C(=O)N(c3ccc(Cc4ccc(N5C(=O)C6CC(C)=C(c7ccccc7)CC6C5=O)cc4)cc3)C(=O)C2C1. The molecule has 4 unspecified atom stereocenters. The molecule has 6 nitrogen and oxygen atoms in total. The molecule has 0 radical (unpaired) electrons. The second-order valence-electron chi connectivity index (χ2n) is 14.0. The Kier molecular flexibility index (Phi) is 7.74. The van der Waals surface area contributed by atoms with Gasteiger partial charge in [0, 0.05) is 0 Å². The summed E-state index contributed by atoms with van der Waals surface area (Å²) in [6, 6.07) is 35.6. The third kappa shape index (κ3) is 5.36. The monoisotopic (exact) mass is 646 g/mol. The lowest BCUT2D eigenvalue weighted by Crippen LogP contribution is -2.30. The summed E-state index contributed by atoms with van der Waals surface area (Å²) in [6.45, 7) is 4.15. The van der Waals surface area contributed by atoms with E-state index in [0.29, 0.717) is 43.5 Å². The van der Waals surface area contributed by atoms with Crippen LogP contribution >= 0.6 is 0 Å². The van der Waals surface area contributed by atoms with E-state index in [4.69, 9.17) is 0 Å². The Morgan fingerprint density at radius 1 is 0.449 bits per heavy atom. The molecule has 0 aromatic heterocycles. The molecule has 2 fully saturated rings. The standard InChI is InChI=1S/C43H38N2O4/c1-26-21-36-38(24-34(26)30-9-5-3-6-10-30)42(48)44(40(36)46)32-17-13-28(14-18-32)23-29-15-19-33(20-16-29)45-41(47)37-22-27(2)35(25-39(37)43(45)49)31-11-7-4-8-12-31/h3-20,36-39H,21-25H2,1-2H3. The first-order valence-electron chi connectivity index (χ1n) is 17.2. The van der Waals surface area contributed by atoms with Crippen molar-refractivity contribution in [3.8, 4) is 0 Å². The van der Waals surface area contributed by atoms with E-state index in [0.717, 1.165) is 22.3 Å². The van der Waals surface area contributed by atoms with Crippen molar-refractivity contribution in [3.05, 3.63) is 143 Å². The third-order valence-corrected chi connectivity index (χ3v) is 11.1. The van der Waals surface area contributed by atoms with Gasteiger partial charge in [-0.2, -0.15) is 0 Å². The van der Waals surface area contributed by atoms with Crippen molar-refractivity contribution in [2.45, 2.75) is 46.0 Å². The van der Waals surface area contributed by atoms with E-state index in [1.165, 1.54) is 32.1 Å². The third-order valence-electron chi connectivity index (χ3n) is 11.1. The largest absolute Gasteiger partial charge is 0.274 e. The molecule has 4 aromatic carbocycles. The summed E-state index contributed by atoms with van der Waals surface area (Å²) in [7, 11) is 0. The summed E-state index contributed by atoms with van der Waals surface area (Å²) in [6.07, 6.45) is 3.00. The lowest BCUT2D eigenvalue weighted by atomic mass is 9.76. The number of benzene rings is 4. The van der Waals surface area contributed by atoms with Gasteiger partial charge >= 0.3 is 0 Å². The molecule has 4 amide bonds. The highest BCUT2D eigenvalue weighted by Crippen LogP contribution is 2.47. The first kappa shape index (κ1) is 30.9. The van der Waals surface area contributed by atoms with Crippen LogP contribution in [0.15, 0.2) is 120 Å². The minimum Gasteiger partial charge on any atom is -0.274 e. The van der Waals surface area contributed by atoms with Crippen molar-refractivity contribution in [3.63, 3.8) is 0 Å². The predicted molar refractivity (Wildman–Crippen MR) is 191 cm³/mol. The molecule has 6 heteroatoms. The number of fused-ring (bicyclic) bond motifs is 2. The van der Waals surface area contributed by atoms with E-state index in [-0.39, 0.29) is 47.3 Å².